The molecule has 0 radical (unpaired) electrons. The SMILES string of the molecule is CC(O)C(=O)OCC(O)CO.CCCCCCCCCCCC(=O)O. The van der Waals surface area contributed by atoms with E-state index in [4.69, 9.17) is 20.4 Å². The van der Waals surface area contributed by atoms with Crippen LogP contribution in [0.1, 0.15) is 78.1 Å². The van der Waals surface area contributed by atoms with E-state index in [-0.39, 0.29) is 6.61 Å². The Morgan fingerprint density at radius 3 is 1.80 bits per heavy atom. The first-order chi connectivity index (χ1) is 11.8. The van der Waals surface area contributed by atoms with Gasteiger partial charge in [-0.15, -0.1) is 0 Å². The lowest BCUT2D eigenvalue weighted by atomic mass is 10.1. The Morgan fingerprint density at radius 1 is 0.920 bits per heavy atom. The van der Waals surface area contributed by atoms with Crippen molar-refractivity contribution < 1.29 is 34.8 Å². The van der Waals surface area contributed by atoms with Crippen LogP contribution in [-0.4, -0.2) is 57.8 Å². The molecule has 2 atom stereocenters. The number of carbonyl (C=O) groups is 2. The minimum absolute atomic E-state index is 0.291. The van der Waals surface area contributed by atoms with Crippen molar-refractivity contribution in [1.82, 2.24) is 0 Å². The Morgan fingerprint density at radius 2 is 1.40 bits per heavy atom. The van der Waals surface area contributed by atoms with E-state index >= 15 is 0 Å². The van der Waals surface area contributed by atoms with Crippen molar-refractivity contribution in [3.8, 4) is 0 Å². The van der Waals surface area contributed by atoms with Gasteiger partial charge in [0, 0.05) is 6.42 Å². The number of aliphatic hydroxyl groups excluding tert-OH is 3. The molecule has 0 saturated carbocycles. The molecular formula is C18H36O7. The molecule has 0 aliphatic carbocycles. The fraction of sp³-hybridized carbons (Fsp3) is 0.889. The van der Waals surface area contributed by atoms with Gasteiger partial charge in [0.2, 0.25) is 0 Å². The van der Waals surface area contributed by atoms with Crippen LogP contribution in [-0.2, 0) is 14.3 Å². The molecule has 25 heavy (non-hydrogen) atoms. The highest BCUT2D eigenvalue weighted by Crippen LogP contribution is 2.10. The van der Waals surface area contributed by atoms with Crippen molar-refractivity contribution in [1.29, 1.82) is 0 Å². The van der Waals surface area contributed by atoms with Crippen molar-refractivity contribution in [2.75, 3.05) is 13.2 Å². The maximum Gasteiger partial charge on any atom is 0.334 e. The quantitative estimate of drug-likeness (QED) is 0.275. The molecule has 0 fully saturated rings. The van der Waals surface area contributed by atoms with Gasteiger partial charge in [-0.2, -0.15) is 0 Å². The van der Waals surface area contributed by atoms with Crippen LogP contribution in [0.4, 0.5) is 0 Å². The zero-order valence-corrected chi connectivity index (χ0v) is 15.7. The molecule has 0 bridgehead atoms. The number of carboxylic acids is 1. The smallest absolute Gasteiger partial charge is 0.334 e. The Bertz CT molecular complexity index is 319. The van der Waals surface area contributed by atoms with E-state index < -0.39 is 30.8 Å². The summed E-state index contributed by atoms with van der Waals surface area (Å²) in [7, 11) is 0. The summed E-state index contributed by atoms with van der Waals surface area (Å²) in [4.78, 5) is 20.7. The third-order valence-corrected chi connectivity index (χ3v) is 3.46. The first-order valence-electron chi connectivity index (χ1n) is 9.20. The minimum atomic E-state index is -1.19. The maximum absolute atomic E-state index is 10.5. The molecule has 0 heterocycles. The van der Waals surface area contributed by atoms with Gasteiger partial charge in [0.25, 0.3) is 0 Å². The molecule has 4 N–H and O–H groups in total. The monoisotopic (exact) mass is 364 g/mol. The second-order valence-electron chi connectivity index (χ2n) is 6.11. The van der Waals surface area contributed by atoms with Crippen LogP contribution < -0.4 is 0 Å². The molecule has 0 aromatic carbocycles. The number of esters is 1. The summed E-state index contributed by atoms with van der Waals surface area (Å²) >= 11 is 0. The predicted octanol–water partition coefficient (Wildman–Crippen LogP) is 2.26. The number of rotatable bonds is 14. The highest BCUT2D eigenvalue weighted by Gasteiger charge is 2.12. The number of aliphatic hydroxyl groups is 3. The molecule has 0 saturated heterocycles. The van der Waals surface area contributed by atoms with E-state index in [1.807, 2.05) is 0 Å². The van der Waals surface area contributed by atoms with Gasteiger partial charge >= 0.3 is 11.9 Å². The Labute approximate surface area is 151 Å². The highest BCUT2D eigenvalue weighted by molar-refractivity contribution is 5.73. The summed E-state index contributed by atoms with van der Waals surface area (Å²) in [6.07, 6.45) is 9.21. The molecule has 0 amide bonds. The average Bonchev–Trinajstić information content (AvgIpc) is 2.58. The van der Waals surface area contributed by atoms with Gasteiger partial charge in [-0.05, 0) is 13.3 Å². The number of hydrogen-bond donors (Lipinski definition) is 4. The third-order valence-electron chi connectivity index (χ3n) is 3.46. The second-order valence-corrected chi connectivity index (χ2v) is 6.11. The van der Waals surface area contributed by atoms with E-state index in [0.717, 1.165) is 12.8 Å². The Balaban J connectivity index is 0. The zero-order chi connectivity index (χ0) is 19.5. The summed E-state index contributed by atoms with van der Waals surface area (Å²) in [5, 5.41) is 34.0. The first kappa shape index (κ1) is 26.1. The van der Waals surface area contributed by atoms with Crippen molar-refractivity contribution in [2.24, 2.45) is 0 Å². The maximum atomic E-state index is 10.5. The standard InChI is InChI=1S/C12H24O2.C6H12O5/c1-2-3-4-5-6-7-8-9-10-11-12(13)14;1-4(8)6(10)11-3-5(9)2-7/h2-11H2,1H3,(H,13,14);4-5,7-9H,2-3H2,1H3. The zero-order valence-electron chi connectivity index (χ0n) is 15.7. The van der Waals surface area contributed by atoms with Gasteiger partial charge in [0.1, 0.15) is 18.8 Å². The lowest BCUT2D eigenvalue weighted by Gasteiger charge is -2.09. The van der Waals surface area contributed by atoms with Crippen molar-refractivity contribution in [3.05, 3.63) is 0 Å². The number of unbranched alkanes of at least 4 members (excludes halogenated alkanes) is 8. The van der Waals surface area contributed by atoms with Gasteiger partial charge in [-0.3, -0.25) is 4.79 Å². The molecule has 0 aromatic heterocycles. The van der Waals surface area contributed by atoms with Crippen molar-refractivity contribution in [3.63, 3.8) is 0 Å². The minimum Gasteiger partial charge on any atom is -0.481 e. The Kier molecular flexibility index (Phi) is 20.0. The molecule has 0 aliphatic rings. The van der Waals surface area contributed by atoms with Crippen LogP contribution in [0, 0.1) is 0 Å². The van der Waals surface area contributed by atoms with E-state index in [2.05, 4.69) is 11.7 Å². The lowest BCUT2D eigenvalue weighted by Crippen LogP contribution is -2.26. The summed E-state index contributed by atoms with van der Waals surface area (Å²) < 4.78 is 4.36. The van der Waals surface area contributed by atoms with Crippen LogP contribution in [0.2, 0.25) is 0 Å². The van der Waals surface area contributed by atoms with E-state index in [1.165, 1.54) is 51.9 Å². The van der Waals surface area contributed by atoms with Gasteiger partial charge in [0.05, 0.1) is 6.61 Å². The average molecular weight is 364 g/mol. The number of hydrogen-bond acceptors (Lipinski definition) is 6. The summed E-state index contributed by atoms with van der Waals surface area (Å²) in [5.74, 6) is -1.47. The molecule has 0 aromatic rings. The largest absolute Gasteiger partial charge is 0.481 e. The second kappa shape index (κ2) is 19.1. The summed E-state index contributed by atoms with van der Waals surface area (Å²) in [6.45, 7) is 2.73. The van der Waals surface area contributed by atoms with E-state index in [9.17, 15) is 9.59 Å². The van der Waals surface area contributed by atoms with Crippen LogP contribution in [0.3, 0.4) is 0 Å². The normalized spacial score (nSPS) is 12.7. The molecule has 0 aliphatic heterocycles. The van der Waals surface area contributed by atoms with E-state index in [0.29, 0.717) is 6.42 Å². The first-order valence-corrected chi connectivity index (χ1v) is 9.20. The third kappa shape index (κ3) is 22.8. The van der Waals surface area contributed by atoms with Gasteiger partial charge in [-0.25, -0.2) is 4.79 Å². The number of aliphatic carboxylic acids is 1. The Hall–Kier alpha value is -1.18. The molecular weight excluding hydrogens is 328 g/mol. The number of carbonyl (C=O) groups excluding carboxylic acids is 1. The van der Waals surface area contributed by atoms with Crippen LogP contribution in [0.25, 0.3) is 0 Å². The topological polar surface area (TPSA) is 124 Å². The van der Waals surface area contributed by atoms with Gasteiger partial charge in [-0.1, -0.05) is 58.3 Å². The van der Waals surface area contributed by atoms with E-state index in [1.54, 1.807) is 0 Å². The summed E-state index contributed by atoms with van der Waals surface area (Å²) in [5.41, 5.74) is 0. The predicted molar refractivity (Wildman–Crippen MR) is 95.2 cm³/mol. The van der Waals surface area contributed by atoms with Gasteiger partial charge in [0.15, 0.2) is 0 Å². The van der Waals surface area contributed by atoms with Crippen molar-refractivity contribution in [2.45, 2.75) is 90.3 Å². The molecule has 7 heteroatoms. The summed E-state index contributed by atoms with van der Waals surface area (Å²) in [6, 6.07) is 0. The molecule has 0 rings (SSSR count). The molecule has 150 valence electrons. The van der Waals surface area contributed by atoms with Crippen LogP contribution >= 0.6 is 0 Å². The lowest BCUT2D eigenvalue weighted by molar-refractivity contribution is -0.156. The number of carboxylic acid groups (broad SMARTS) is 1. The fourth-order valence-corrected chi connectivity index (χ4v) is 1.94. The highest BCUT2D eigenvalue weighted by atomic mass is 16.6. The van der Waals surface area contributed by atoms with Crippen LogP contribution in [0.5, 0.6) is 0 Å². The molecule has 0 spiro atoms. The van der Waals surface area contributed by atoms with Crippen LogP contribution in [0.15, 0.2) is 0 Å². The van der Waals surface area contributed by atoms with Gasteiger partial charge < -0.3 is 25.2 Å². The van der Waals surface area contributed by atoms with Crippen molar-refractivity contribution >= 4 is 11.9 Å². The number of ether oxygens (including phenoxy) is 1. The molecule has 7 nitrogen and oxygen atoms in total. The molecule has 2 unspecified atom stereocenters. The fourth-order valence-electron chi connectivity index (χ4n) is 1.94.